The van der Waals surface area contributed by atoms with Crippen molar-refractivity contribution in [1.82, 2.24) is 0 Å². The number of ether oxygens (including phenoxy) is 2. The molecule has 0 radical (unpaired) electrons. The Kier molecular flexibility index (Phi) is 4.24. The Balaban J connectivity index is 2.88. The van der Waals surface area contributed by atoms with E-state index in [1.165, 1.54) is 0 Å². The maximum absolute atomic E-state index is 11.4. The standard InChI is InChI=1S/C9H10N2O4S/c1-3-14-7(12)5-6(8(13)15-4-2)11-9(16)10-5/h3-4H2,1-2H3. The summed E-state index contributed by atoms with van der Waals surface area (Å²) in [5, 5.41) is -0.0777. The molecule has 0 aromatic carbocycles. The van der Waals surface area contributed by atoms with Crippen molar-refractivity contribution < 1.29 is 19.1 Å². The molecule has 6 nitrogen and oxygen atoms in total. The fourth-order valence-electron chi connectivity index (χ4n) is 1.01. The van der Waals surface area contributed by atoms with E-state index >= 15 is 0 Å². The van der Waals surface area contributed by atoms with Crippen LogP contribution in [0.3, 0.4) is 0 Å². The Morgan fingerprint density at radius 2 is 1.44 bits per heavy atom. The largest absolute Gasteiger partial charge is 0.461 e. The van der Waals surface area contributed by atoms with Gasteiger partial charge >= 0.3 is 11.9 Å². The van der Waals surface area contributed by atoms with Crippen LogP contribution < -0.4 is 0 Å². The van der Waals surface area contributed by atoms with Gasteiger partial charge in [-0.25, -0.2) is 19.6 Å². The zero-order chi connectivity index (χ0) is 12.1. The number of nitrogens with zero attached hydrogens (tertiary/aromatic N) is 2. The van der Waals surface area contributed by atoms with Gasteiger partial charge in [-0.2, -0.15) is 0 Å². The lowest BCUT2D eigenvalue weighted by Gasteiger charge is -2.03. The number of esters is 2. The van der Waals surface area contributed by atoms with Crippen LogP contribution in [-0.2, 0) is 19.1 Å². The van der Waals surface area contributed by atoms with E-state index < -0.39 is 11.9 Å². The highest BCUT2D eigenvalue weighted by molar-refractivity contribution is 7.80. The van der Waals surface area contributed by atoms with Crippen LogP contribution in [0.4, 0.5) is 0 Å². The van der Waals surface area contributed by atoms with Gasteiger partial charge in [0.05, 0.1) is 13.2 Å². The van der Waals surface area contributed by atoms with E-state index in [0.717, 1.165) is 0 Å². The molecule has 0 saturated heterocycles. The van der Waals surface area contributed by atoms with Crippen molar-refractivity contribution in [3.05, 3.63) is 0 Å². The molecule has 0 amide bonds. The molecule has 0 unspecified atom stereocenters. The minimum Gasteiger partial charge on any atom is -0.461 e. The minimum absolute atomic E-state index is 0.0777. The Hall–Kier alpha value is -1.63. The lowest BCUT2D eigenvalue weighted by Crippen LogP contribution is -2.31. The van der Waals surface area contributed by atoms with Crippen molar-refractivity contribution in [2.24, 2.45) is 9.98 Å². The molecule has 0 spiro atoms. The molecule has 0 aromatic heterocycles. The van der Waals surface area contributed by atoms with E-state index in [4.69, 9.17) is 9.47 Å². The fraction of sp³-hybridized carbons (Fsp3) is 0.444. The normalized spacial score (nSPS) is 14.2. The van der Waals surface area contributed by atoms with Gasteiger partial charge in [0.2, 0.25) is 5.11 Å². The smallest absolute Gasteiger partial charge is 0.359 e. The molecule has 1 heterocycles. The maximum Gasteiger partial charge on any atom is 0.359 e. The van der Waals surface area contributed by atoms with Crippen molar-refractivity contribution in [2.75, 3.05) is 13.2 Å². The summed E-state index contributed by atoms with van der Waals surface area (Å²) in [6, 6.07) is 0. The lowest BCUT2D eigenvalue weighted by molar-refractivity contribution is -0.137. The van der Waals surface area contributed by atoms with Crippen LogP contribution >= 0.6 is 12.2 Å². The van der Waals surface area contributed by atoms with E-state index in [1.54, 1.807) is 13.8 Å². The van der Waals surface area contributed by atoms with Gasteiger partial charge in [-0.15, -0.1) is 0 Å². The van der Waals surface area contributed by atoms with Crippen LogP contribution in [-0.4, -0.2) is 41.7 Å². The zero-order valence-corrected chi connectivity index (χ0v) is 9.67. The van der Waals surface area contributed by atoms with E-state index in [-0.39, 0.29) is 29.7 Å². The molecule has 7 heteroatoms. The molecule has 0 N–H and O–H groups in total. The third-order valence-electron chi connectivity index (χ3n) is 1.58. The first kappa shape index (κ1) is 12.4. The maximum atomic E-state index is 11.4. The first-order valence-electron chi connectivity index (χ1n) is 4.66. The number of thiocarbonyl (C=S) groups is 1. The molecule has 0 aromatic rings. The van der Waals surface area contributed by atoms with Crippen molar-refractivity contribution in [1.29, 1.82) is 0 Å². The number of rotatable bonds is 4. The summed E-state index contributed by atoms with van der Waals surface area (Å²) in [6.45, 7) is 3.65. The third-order valence-corrected chi connectivity index (χ3v) is 1.76. The monoisotopic (exact) mass is 242 g/mol. The first-order valence-corrected chi connectivity index (χ1v) is 5.06. The predicted molar refractivity (Wildman–Crippen MR) is 60.7 cm³/mol. The summed E-state index contributed by atoms with van der Waals surface area (Å²) in [4.78, 5) is 30.1. The second-order valence-electron chi connectivity index (χ2n) is 2.64. The topological polar surface area (TPSA) is 77.3 Å². The quantitative estimate of drug-likeness (QED) is 0.523. The van der Waals surface area contributed by atoms with Crippen LogP contribution in [0.15, 0.2) is 9.98 Å². The highest BCUT2D eigenvalue weighted by Crippen LogP contribution is 2.04. The Morgan fingerprint density at radius 3 is 1.75 bits per heavy atom. The highest BCUT2D eigenvalue weighted by Gasteiger charge is 2.31. The van der Waals surface area contributed by atoms with Crippen LogP contribution in [0.25, 0.3) is 0 Å². The summed E-state index contributed by atoms with van der Waals surface area (Å²) in [5.74, 6) is -1.46. The summed E-state index contributed by atoms with van der Waals surface area (Å²) in [5.41, 5.74) is -0.379. The molecule has 0 atom stereocenters. The fourth-order valence-corrected chi connectivity index (χ4v) is 1.19. The van der Waals surface area contributed by atoms with Crippen LogP contribution in [0, 0.1) is 0 Å². The average molecular weight is 242 g/mol. The number of hydrogen-bond donors (Lipinski definition) is 0. The van der Waals surface area contributed by atoms with Gasteiger partial charge < -0.3 is 9.47 Å². The van der Waals surface area contributed by atoms with Gasteiger partial charge in [-0.05, 0) is 26.1 Å². The van der Waals surface area contributed by atoms with Gasteiger partial charge in [0.1, 0.15) is 0 Å². The van der Waals surface area contributed by atoms with E-state index in [2.05, 4.69) is 22.2 Å². The van der Waals surface area contributed by atoms with Gasteiger partial charge in [0.25, 0.3) is 0 Å². The minimum atomic E-state index is -0.728. The molecule has 16 heavy (non-hydrogen) atoms. The van der Waals surface area contributed by atoms with Gasteiger partial charge in [0, 0.05) is 0 Å². The first-order chi connectivity index (χ1) is 7.60. The van der Waals surface area contributed by atoms with E-state index in [1.807, 2.05) is 0 Å². The molecular weight excluding hydrogens is 232 g/mol. The van der Waals surface area contributed by atoms with Crippen LogP contribution in [0.2, 0.25) is 0 Å². The average Bonchev–Trinajstić information content (AvgIpc) is 2.61. The molecule has 1 aliphatic rings. The molecule has 0 fully saturated rings. The third kappa shape index (κ3) is 2.69. The van der Waals surface area contributed by atoms with E-state index in [9.17, 15) is 9.59 Å². The van der Waals surface area contributed by atoms with Gasteiger partial charge in [-0.3, -0.25) is 0 Å². The lowest BCUT2D eigenvalue weighted by atomic mass is 10.2. The molecule has 1 rings (SSSR count). The second kappa shape index (κ2) is 5.45. The van der Waals surface area contributed by atoms with E-state index in [0.29, 0.717) is 0 Å². The molecule has 0 saturated carbocycles. The number of hydrogen-bond acceptors (Lipinski definition) is 5. The van der Waals surface area contributed by atoms with Crippen molar-refractivity contribution in [3.8, 4) is 0 Å². The summed E-state index contributed by atoms with van der Waals surface area (Å²) in [7, 11) is 0. The SMILES string of the molecule is CCOC(=O)C1=NC(=S)N=C1C(=O)OCC. The summed E-state index contributed by atoms with van der Waals surface area (Å²) in [6.07, 6.45) is 0. The van der Waals surface area contributed by atoms with Crippen molar-refractivity contribution in [2.45, 2.75) is 13.8 Å². The molecular formula is C9H10N2O4S. The molecule has 0 aliphatic carbocycles. The van der Waals surface area contributed by atoms with Crippen molar-refractivity contribution >= 4 is 40.7 Å². The number of aliphatic imine (C=N–C) groups is 2. The highest BCUT2D eigenvalue weighted by atomic mass is 32.1. The second-order valence-corrected chi connectivity index (χ2v) is 3.01. The molecule has 86 valence electrons. The Bertz CT molecular complexity index is 364. The molecule has 1 aliphatic heterocycles. The van der Waals surface area contributed by atoms with Gasteiger partial charge in [0.15, 0.2) is 11.4 Å². The molecule has 0 bridgehead atoms. The zero-order valence-electron chi connectivity index (χ0n) is 8.85. The Morgan fingerprint density at radius 1 is 1.06 bits per heavy atom. The van der Waals surface area contributed by atoms with Gasteiger partial charge in [-0.1, -0.05) is 0 Å². The Labute approximate surface area is 97.4 Å². The summed E-state index contributed by atoms with van der Waals surface area (Å²) < 4.78 is 9.43. The van der Waals surface area contributed by atoms with Crippen LogP contribution in [0.5, 0.6) is 0 Å². The predicted octanol–water partition coefficient (Wildman–Crippen LogP) is 0.293. The summed E-state index contributed by atoms with van der Waals surface area (Å²) >= 11 is 4.69. The van der Waals surface area contributed by atoms with Crippen molar-refractivity contribution in [3.63, 3.8) is 0 Å². The number of carbonyl (C=O) groups excluding carboxylic acids is 2. The van der Waals surface area contributed by atoms with Crippen LogP contribution in [0.1, 0.15) is 13.8 Å². The number of carbonyl (C=O) groups is 2.